The van der Waals surface area contributed by atoms with Gasteiger partial charge >= 0.3 is 0 Å². The smallest absolute Gasteiger partial charge is 0.241 e. The van der Waals surface area contributed by atoms with Gasteiger partial charge in [0.1, 0.15) is 4.90 Å². The maximum absolute atomic E-state index is 11.7. The normalized spacial score (nSPS) is 17.5. The zero-order valence-electron chi connectivity index (χ0n) is 11.0. The number of rotatable bonds is 4. The molecule has 1 aliphatic carbocycles. The van der Waals surface area contributed by atoms with Gasteiger partial charge < -0.3 is 0 Å². The lowest BCUT2D eigenvalue weighted by Crippen LogP contribution is -2.17. The van der Waals surface area contributed by atoms with Crippen molar-refractivity contribution >= 4 is 10.0 Å². The third-order valence-electron chi connectivity index (χ3n) is 3.65. The van der Waals surface area contributed by atoms with Gasteiger partial charge in [-0.25, -0.2) is 13.6 Å². The van der Waals surface area contributed by atoms with Gasteiger partial charge in [-0.1, -0.05) is 26.7 Å². The highest BCUT2D eigenvalue weighted by Gasteiger charge is 2.28. The first kappa shape index (κ1) is 13.5. The van der Waals surface area contributed by atoms with E-state index in [1.807, 2.05) is 18.5 Å². The van der Waals surface area contributed by atoms with Gasteiger partial charge in [0, 0.05) is 0 Å². The van der Waals surface area contributed by atoms with Crippen molar-refractivity contribution in [1.29, 1.82) is 0 Å². The van der Waals surface area contributed by atoms with Crippen LogP contribution in [-0.2, 0) is 22.9 Å². The third-order valence-corrected chi connectivity index (χ3v) is 4.69. The van der Waals surface area contributed by atoms with Crippen LogP contribution in [0.25, 0.3) is 0 Å². The summed E-state index contributed by atoms with van der Waals surface area (Å²) >= 11 is 0. The molecule has 0 aromatic carbocycles. The zero-order valence-corrected chi connectivity index (χ0v) is 11.8. The molecule has 0 saturated heterocycles. The summed E-state index contributed by atoms with van der Waals surface area (Å²) in [6, 6.07) is 0.348. The fourth-order valence-electron chi connectivity index (χ4n) is 2.84. The van der Waals surface area contributed by atoms with Gasteiger partial charge in [0.25, 0.3) is 0 Å². The van der Waals surface area contributed by atoms with Gasteiger partial charge in [0.15, 0.2) is 0 Å². The van der Waals surface area contributed by atoms with Crippen LogP contribution in [-0.4, -0.2) is 18.2 Å². The third kappa shape index (κ3) is 2.31. The summed E-state index contributed by atoms with van der Waals surface area (Å²) in [4.78, 5) is 0.263. The lowest BCUT2D eigenvalue weighted by atomic mass is 10.2. The van der Waals surface area contributed by atoms with Gasteiger partial charge in [0.05, 0.1) is 17.4 Å². The van der Waals surface area contributed by atoms with Crippen molar-refractivity contribution in [3.8, 4) is 0 Å². The molecule has 2 rings (SSSR count). The van der Waals surface area contributed by atoms with Gasteiger partial charge in [-0.2, -0.15) is 5.10 Å². The Kier molecular flexibility index (Phi) is 3.77. The fourth-order valence-corrected chi connectivity index (χ4v) is 3.92. The standard InChI is InChI=1S/C12H21N3O2S/c1-3-10-12(18(13,16)17)11(4-2)15(14-10)9-7-5-6-8-9/h9H,3-8H2,1-2H3,(H2,13,16,17). The first-order valence-corrected chi connectivity index (χ1v) is 8.16. The Morgan fingerprint density at radius 2 is 1.89 bits per heavy atom. The molecule has 1 fully saturated rings. The summed E-state index contributed by atoms with van der Waals surface area (Å²) in [5.41, 5.74) is 1.39. The average molecular weight is 271 g/mol. The van der Waals surface area contributed by atoms with Crippen LogP contribution in [0.4, 0.5) is 0 Å². The van der Waals surface area contributed by atoms with E-state index in [0.29, 0.717) is 24.6 Å². The van der Waals surface area contributed by atoms with E-state index in [9.17, 15) is 8.42 Å². The molecule has 1 aliphatic rings. The maximum atomic E-state index is 11.7. The van der Waals surface area contributed by atoms with Crippen LogP contribution in [0.2, 0.25) is 0 Å². The minimum Gasteiger partial charge on any atom is -0.265 e. The highest BCUT2D eigenvalue weighted by atomic mass is 32.2. The number of hydrogen-bond acceptors (Lipinski definition) is 3. The molecule has 0 unspecified atom stereocenters. The Bertz CT molecular complexity index is 528. The van der Waals surface area contributed by atoms with Crippen molar-refractivity contribution in [2.24, 2.45) is 5.14 Å². The van der Waals surface area contributed by atoms with Crippen LogP contribution in [0.5, 0.6) is 0 Å². The van der Waals surface area contributed by atoms with Gasteiger partial charge in [0.2, 0.25) is 10.0 Å². The molecule has 1 aromatic rings. The van der Waals surface area contributed by atoms with E-state index in [1.165, 1.54) is 12.8 Å². The van der Waals surface area contributed by atoms with Crippen molar-refractivity contribution < 1.29 is 8.42 Å². The van der Waals surface area contributed by atoms with Crippen molar-refractivity contribution in [3.05, 3.63) is 11.4 Å². The SMILES string of the molecule is CCc1nn(C2CCCC2)c(CC)c1S(N)(=O)=O. The van der Waals surface area contributed by atoms with Gasteiger partial charge in [-0.15, -0.1) is 0 Å². The Hall–Kier alpha value is -0.880. The predicted molar refractivity (Wildman–Crippen MR) is 69.9 cm³/mol. The summed E-state index contributed by atoms with van der Waals surface area (Å²) in [6.45, 7) is 3.87. The molecule has 5 nitrogen and oxygen atoms in total. The van der Waals surface area contributed by atoms with Crippen LogP contribution in [0.3, 0.4) is 0 Å². The van der Waals surface area contributed by atoms with E-state index in [0.717, 1.165) is 18.5 Å². The predicted octanol–water partition coefficient (Wildman–Crippen LogP) is 1.77. The molecular formula is C12H21N3O2S. The molecule has 1 heterocycles. The molecule has 0 aliphatic heterocycles. The summed E-state index contributed by atoms with van der Waals surface area (Å²) in [5.74, 6) is 0. The minimum absolute atomic E-state index is 0.263. The molecule has 18 heavy (non-hydrogen) atoms. The Balaban J connectivity index is 2.58. The van der Waals surface area contributed by atoms with E-state index in [4.69, 9.17) is 5.14 Å². The highest BCUT2D eigenvalue weighted by Crippen LogP contribution is 2.33. The van der Waals surface area contributed by atoms with Crippen LogP contribution in [0.15, 0.2) is 4.90 Å². The molecule has 102 valence electrons. The van der Waals surface area contributed by atoms with E-state index in [1.54, 1.807) is 0 Å². The minimum atomic E-state index is -3.68. The molecule has 0 atom stereocenters. The first-order chi connectivity index (χ1) is 8.49. The van der Waals surface area contributed by atoms with Crippen LogP contribution < -0.4 is 5.14 Å². The van der Waals surface area contributed by atoms with Crippen LogP contribution in [0.1, 0.15) is 57.0 Å². The Labute approximate surface area is 108 Å². The van der Waals surface area contributed by atoms with Crippen molar-refractivity contribution in [2.75, 3.05) is 0 Å². The first-order valence-electron chi connectivity index (χ1n) is 6.62. The van der Waals surface area contributed by atoms with Gasteiger partial charge in [-0.05, 0) is 25.7 Å². The van der Waals surface area contributed by atoms with Crippen LogP contribution >= 0.6 is 0 Å². The van der Waals surface area contributed by atoms with Crippen molar-refractivity contribution in [2.45, 2.75) is 63.3 Å². The molecule has 1 aromatic heterocycles. The van der Waals surface area contributed by atoms with Crippen LogP contribution in [0, 0.1) is 0 Å². The largest absolute Gasteiger partial charge is 0.265 e. The highest BCUT2D eigenvalue weighted by molar-refractivity contribution is 7.89. The summed E-state index contributed by atoms with van der Waals surface area (Å²) in [7, 11) is -3.68. The molecule has 6 heteroatoms. The summed E-state index contributed by atoms with van der Waals surface area (Å²) in [5, 5.41) is 9.85. The van der Waals surface area contributed by atoms with Crippen molar-refractivity contribution in [1.82, 2.24) is 9.78 Å². The molecule has 1 saturated carbocycles. The van der Waals surface area contributed by atoms with E-state index in [2.05, 4.69) is 5.10 Å². The topological polar surface area (TPSA) is 78.0 Å². The number of aromatic nitrogens is 2. The summed E-state index contributed by atoms with van der Waals surface area (Å²) in [6.07, 6.45) is 5.80. The van der Waals surface area contributed by atoms with Gasteiger partial charge in [-0.3, -0.25) is 4.68 Å². The Morgan fingerprint density at radius 3 is 2.33 bits per heavy atom. The number of nitrogens with two attached hydrogens (primary N) is 1. The molecule has 2 N–H and O–H groups in total. The molecule has 0 radical (unpaired) electrons. The van der Waals surface area contributed by atoms with E-state index < -0.39 is 10.0 Å². The second-order valence-electron chi connectivity index (χ2n) is 4.86. The number of hydrogen-bond donors (Lipinski definition) is 1. The molecular weight excluding hydrogens is 250 g/mol. The number of nitrogens with zero attached hydrogens (tertiary/aromatic N) is 2. The van der Waals surface area contributed by atoms with E-state index in [-0.39, 0.29) is 4.90 Å². The number of primary sulfonamides is 1. The number of sulfonamides is 1. The summed E-state index contributed by atoms with van der Waals surface area (Å²) < 4.78 is 25.4. The second-order valence-corrected chi connectivity index (χ2v) is 6.36. The fraction of sp³-hybridized carbons (Fsp3) is 0.750. The zero-order chi connectivity index (χ0) is 13.3. The Morgan fingerprint density at radius 1 is 1.28 bits per heavy atom. The van der Waals surface area contributed by atoms with Crippen molar-refractivity contribution in [3.63, 3.8) is 0 Å². The molecule has 0 spiro atoms. The molecule has 0 amide bonds. The lowest BCUT2D eigenvalue weighted by Gasteiger charge is -2.13. The quantitative estimate of drug-likeness (QED) is 0.906. The second kappa shape index (κ2) is 5.01. The monoisotopic (exact) mass is 271 g/mol. The maximum Gasteiger partial charge on any atom is 0.241 e. The number of aryl methyl sites for hydroxylation is 1. The van der Waals surface area contributed by atoms with E-state index >= 15 is 0 Å². The average Bonchev–Trinajstić information content (AvgIpc) is 2.93. The molecule has 0 bridgehead atoms. The lowest BCUT2D eigenvalue weighted by molar-refractivity contribution is 0.447.